The van der Waals surface area contributed by atoms with Gasteiger partial charge in [0, 0.05) is 18.1 Å². The van der Waals surface area contributed by atoms with E-state index in [2.05, 4.69) is 15.4 Å². The number of hydrogen-bond donors (Lipinski definition) is 1. The van der Waals surface area contributed by atoms with Gasteiger partial charge in [-0.2, -0.15) is 5.10 Å². The summed E-state index contributed by atoms with van der Waals surface area (Å²) in [6, 6.07) is 3.68. The standard InChI is InChI=1S/C13H16N4O/c18-13-12-11(4-2-6-15-12)8-16-17(13)9-10-3-1-5-14-7-10/h2,4,6,8,10,14H,1,3,5,7,9H2/t10-/m0/s1. The minimum absolute atomic E-state index is 0.0846. The van der Waals surface area contributed by atoms with Crippen molar-refractivity contribution in [3.05, 3.63) is 34.9 Å². The second-order valence-electron chi connectivity index (χ2n) is 4.79. The van der Waals surface area contributed by atoms with Gasteiger partial charge in [0.1, 0.15) is 5.52 Å². The Labute approximate surface area is 105 Å². The van der Waals surface area contributed by atoms with Crippen LogP contribution in [0.2, 0.25) is 0 Å². The first-order chi connectivity index (χ1) is 8.84. The average molecular weight is 244 g/mol. The highest BCUT2D eigenvalue weighted by Gasteiger charge is 2.15. The Morgan fingerprint density at radius 2 is 2.44 bits per heavy atom. The van der Waals surface area contributed by atoms with E-state index in [-0.39, 0.29) is 5.56 Å². The molecule has 0 aliphatic carbocycles. The molecule has 94 valence electrons. The highest BCUT2D eigenvalue weighted by atomic mass is 16.1. The third kappa shape index (κ3) is 2.13. The molecule has 1 aliphatic rings. The van der Waals surface area contributed by atoms with Gasteiger partial charge in [-0.1, -0.05) is 0 Å². The fourth-order valence-electron chi connectivity index (χ4n) is 2.46. The van der Waals surface area contributed by atoms with Crippen LogP contribution >= 0.6 is 0 Å². The van der Waals surface area contributed by atoms with Crippen molar-refractivity contribution < 1.29 is 0 Å². The number of fused-ring (bicyclic) bond motifs is 1. The van der Waals surface area contributed by atoms with Gasteiger partial charge < -0.3 is 5.32 Å². The van der Waals surface area contributed by atoms with Crippen LogP contribution in [0.3, 0.4) is 0 Å². The predicted molar refractivity (Wildman–Crippen MR) is 69.4 cm³/mol. The summed E-state index contributed by atoms with van der Waals surface area (Å²) in [7, 11) is 0. The Hall–Kier alpha value is -1.75. The first-order valence-corrected chi connectivity index (χ1v) is 6.36. The molecular weight excluding hydrogens is 228 g/mol. The number of piperidine rings is 1. The van der Waals surface area contributed by atoms with Gasteiger partial charge >= 0.3 is 0 Å². The van der Waals surface area contributed by atoms with Gasteiger partial charge in [0.05, 0.1) is 6.20 Å². The molecule has 2 aromatic rings. The molecule has 1 aliphatic heterocycles. The lowest BCUT2D eigenvalue weighted by Gasteiger charge is -2.22. The molecular formula is C13H16N4O. The van der Waals surface area contributed by atoms with Crippen LogP contribution in [0, 0.1) is 5.92 Å². The smallest absolute Gasteiger partial charge is 0.293 e. The van der Waals surface area contributed by atoms with Crippen LogP contribution in [0.15, 0.2) is 29.3 Å². The predicted octanol–water partition coefficient (Wildman–Crippen LogP) is 0.791. The van der Waals surface area contributed by atoms with E-state index in [0.29, 0.717) is 18.0 Å². The molecule has 1 N–H and O–H groups in total. The summed E-state index contributed by atoms with van der Waals surface area (Å²) in [4.78, 5) is 16.4. The maximum Gasteiger partial charge on any atom is 0.293 e. The molecule has 0 radical (unpaired) electrons. The summed E-state index contributed by atoms with van der Waals surface area (Å²) in [6.07, 6.45) is 5.70. The summed E-state index contributed by atoms with van der Waals surface area (Å²) in [6.45, 7) is 2.73. The van der Waals surface area contributed by atoms with Crippen LogP contribution in [0.25, 0.3) is 10.9 Å². The Balaban J connectivity index is 1.92. The van der Waals surface area contributed by atoms with Crippen LogP contribution < -0.4 is 10.9 Å². The van der Waals surface area contributed by atoms with Crippen LogP contribution in [-0.2, 0) is 6.54 Å². The summed E-state index contributed by atoms with van der Waals surface area (Å²) < 4.78 is 1.55. The van der Waals surface area contributed by atoms with Crippen LogP contribution in [0.4, 0.5) is 0 Å². The van der Waals surface area contributed by atoms with E-state index in [4.69, 9.17) is 0 Å². The van der Waals surface area contributed by atoms with Gasteiger partial charge in [0.25, 0.3) is 5.56 Å². The SMILES string of the molecule is O=c1c2ncccc2cnn1C[C@H]1CCCNC1. The molecule has 0 aromatic carbocycles. The van der Waals surface area contributed by atoms with E-state index in [1.807, 2.05) is 12.1 Å². The van der Waals surface area contributed by atoms with Crippen molar-refractivity contribution in [3.63, 3.8) is 0 Å². The number of hydrogen-bond acceptors (Lipinski definition) is 4. The van der Waals surface area contributed by atoms with Crippen molar-refractivity contribution in [2.45, 2.75) is 19.4 Å². The van der Waals surface area contributed by atoms with Gasteiger partial charge in [-0.3, -0.25) is 9.78 Å². The molecule has 18 heavy (non-hydrogen) atoms. The zero-order chi connectivity index (χ0) is 12.4. The van der Waals surface area contributed by atoms with Crippen molar-refractivity contribution in [2.24, 2.45) is 5.92 Å². The van der Waals surface area contributed by atoms with Crippen molar-refractivity contribution in [1.82, 2.24) is 20.1 Å². The molecule has 0 unspecified atom stereocenters. The quantitative estimate of drug-likeness (QED) is 0.848. The lowest BCUT2D eigenvalue weighted by atomic mass is 10.00. The van der Waals surface area contributed by atoms with Crippen LogP contribution in [-0.4, -0.2) is 27.9 Å². The molecule has 2 aromatic heterocycles. The zero-order valence-corrected chi connectivity index (χ0v) is 10.2. The fraction of sp³-hybridized carbons (Fsp3) is 0.462. The molecule has 3 heterocycles. The molecule has 1 saturated heterocycles. The van der Waals surface area contributed by atoms with Gasteiger partial charge in [0.15, 0.2) is 0 Å². The molecule has 5 nitrogen and oxygen atoms in total. The summed E-state index contributed by atoms with van der Waals surface area (Å²) in [5.41, 5.74) is 0.426. The first-order valence-electron chi connectivity index (χ1n) is 6.36. The highest BCUT2D eigenvalue weighted by molar-refractivity contribution is 5.75. The Morgan fingerprint density at radius 3 is 3.28 bits per heavy atom. The van der Waals surface area contributed by atoms with E-state index in [1.54, 1.807) is 17.1 Å². The molecule has 0 saturated carbocycles. The molecule has 5 heteroatoms. The van der Waals surface area contributed by atoms with Crippen molar-refractivity contribution in [1.29, 1.82) is 0 Å². The first kappa shape index (κ1) is 11.3. The number of rotatable bonds is 2. The maximum atomic E-state index is 12.2. The van der Waals surface area contributed by atoms with Crippen LogP contribution in [0.1, 0.15) is 12.8 Å². The number of nitrogens with one attached hydrogen (secondary N) is 1. The third-order valence-electron chi connectivity index (χ3n) is 3.44. The van der Waals surface area contributed by atoms with E-state index in [0.717, 1.165) is 24.9 Å². The number of aromatic nitrogens is 3. The van der Waals surface area contributed by atoms with Gasteiger partial charge in [0.2, 0.25) is 0 Å². The summed E-state index contributed by atoms with van der Waals surface area (Å²) in [5.74, 6) is 0.491. The highest BCUT2D eigenvalue weighted by Crippen LogP contribution is 2.11. The van der Waals surface area contributed by atoms with Gasteiger partial charge in [-0.15, -0.1) is 0 Å². The van der Waals surface area contributed by atoms with Crippen LogP contribution in [0.5, 0.6) is 0 Å². The van der Waals surface area contributed by atoms with E-state index in [9.17, 15) is 4.79 Å². The third-order valence-corrected chi connectivity index (χ3v) is 3.44. The average Bonchev–Trinajstić information content (AvgIpc) is 2.43. The minimum atomic E-state index is -0.0846. The molecule has 3 rings (SSSR count). The lowest BCUT2D eigenvalue weighted by molar-refractivity contribution is 0.320. The fourth-order valence-corrected chi connectivity index (χ4v) is 2.46. The van der Waals surface area contributed by atoms with E-state index in [1.165, 1.54) is 6.42 Å². The topological polar surface area (TPSA) is 59.8 Å². The van der Waals surface area contributed by atoms with E-state index >= 15 is 0 Å². The number of pyridine rings is 1. The summed E-state index contributed by atoms with van der Waals surface area (Å²) >= 11 is 0. The monoisotopic (exact) mass is 244 g/mol. The maximum absolute atomic E-state index is 12.2. The molecule has 0 spiro atoms. The Kier molecular flexibility index (Phi) is 3.06. The Morgan fingerprint density at radius 1 is 1.50 bits per heavy atom. The molecule has 1 fully saturated rings. The number of nitrogens with zero attached hydrogens (tertiary/aromatic N) is 3. The molecule has 0 amide bonds. The van der Waals surface area contributed by atoms with Gasteiger partial charge in [-0.25, -0.2) is 4.68 Å². The summed E-state index contributed by atoms with van der Waals surface area (Å²) in [5, 5.41) is 8.40. The second kappa shape index (κ2) is 4.86. The van der Waals surface area contributed by atoms with Crippen molar-refractivity contribution in [3.8, 4) is 0 Å². The zero-order valence-electron chi connectivity index (χ0n) is 10.2. The van der Waals surface area contributed by atoms with E-state index < -0.39 is 0 Å². The van der Waals surface area contributed by atoms with Gasteiger partial charge in [-0.05, 0) is 44.0 Å². The molecule has 1 atom stereocenters. The normalized spacial score (nSPS) is 20.1. The van der Waals surface area contributed by atoms with Crippen molar-refractivity contribution >= 4 is 10.9 Å². The Bertz CT molecular complexity index is 601. The molecule has 0 bridgehead atoms. The lowest BCUT2D eigenvalue weighted by Crippen LogP contribution is -2.35. The minimum Gasteiger partial charge on any atom is -0.316 e. The van der Waals surface area contributed by atoms with Crippen molar-refractivity contribution in [2.75, 3.05) is 13.1 Å². The second-order valence-corrected chi connectivity index (χ2v) is 4.79. The largest absolute Gasteiger partial charge is 0.316 e.